The van der Waals surface area contributed by atoms with E-state index in [0.29, 0.717) is 12.1 Å². The van der Waals surface area contributed by atoms with Gasteiger partial charge in [0.05, 0.1) is 23.5 Å². The molecule has 0 spiro atoms. The van der Waals surface area contributed by atoms with Crippen LogP contribution in [0.1, 0.15) is 21.5 Å². The van der Waals surface area contributed by atoms with E-state index in [0.717, 1.165) is 33.6 Å². The number of rotatable bonds is 7. The standard InChI is InChI=1S/C30H24N2O3/c33-29(35-21-22-11-4-1-5-12-22)26-18-10-13-23(19-26)20-32-28(25-16-8-3-9-17-25)27(31-30(32)34)24-14-6-2-7-15-24/h1-19H,20-21H2,(H,31,34). The van der Waals surface area contributed by atoms with Crippen LogP contribution < -0.4 is 5.69 Å². The molecule has 0 bridgehead atoms. The molecule has 0 saturated carbocycles. The maximum atomic E-state index is 13.1. The van der Waals surface area contributed by atoms with Gasteiger partial charge in [-0.2, -0.15) is 0 Å². The molecule has 0 aliphatic rings. The second-order valence-electron chi connectivity index (χ2n) is 8.23. The van der Waals surface area contributed by atoms with E-state index >= 15 is 0 Å². The third-order valence-corrected chi connectivity index (χ3v) is 5.81. The summed E-state index contributed by atoms with van der Waals surface area (Å²) >= 11 is 0. The number of nitrogens with one attached hydrogen (secondary N) is 1. The highest BCUT2D eigenvalue weighted by Gasteiger charge is 2.18. The van der Waals surface area contributed by atoms with E-state index in [4.69, 9.17) is 4.74 Å². The molecule has 5 heteroatoms. The van der Waals surface area contributed by atoms with Crippen LogP contribution >= 0.6 is 0 Å². The number of ether oxygens (including phenoxy) is 1. The lowest BCUT2D eigenvalue weighted by Gasteiger charge is -2.11. The van der Waals surface area contributed by atoms with E-state index in [9.17, 15) is 9.59 Å². The summed E-state index contributed by atoms with van der Waals surface area (Å²) in [5.74, 6) is -0.398. The van der Waals surface area contributed by atoms with E-state index in [1.54, 1.807) is 16.7 Å². The SMILES string of the molecule is O=C(OCc1ccccc1)c1cccc(Cn2c(-c3ccccc3)c(-c3ccccc3)[nH]c2=O)c1. The van der Waals surface area contributed by atoms with Crippen molar-refractivity contribution in [1.29, 1.82) is 0 Å². The van der Waals surface area contributed by atoms with Crippen molar-refractivity contribution in [2.24, 2.45) is 0 Å². The molecule has 172 valence electrons. The lowest BCUT2D eigenvalue weighted by molar-refractivity contribution is 0.0472. The molecular weight excluding hydrogens is 436 g/mol. The number of esters is 1. The quantitative estimate of drug-likeness (QED) is 0.307. The van der Waals surface area contributed by atoms with Crippen molar-refractivity contribution in [3.05, 3.63) is 142 Å². The van der Waals surface area contributed by atoms with Crippen LogP contribution in [0.15, 0.2) is 120 Å². The summed E-state index contributed by atoms with van der Waals surface area (Å²) in [6.45, 7) is 0.520. The fourth-order valence-corrected chi connectivity index (χ4v) is 4.12. The van der Waals surface area contributed by atoms with Crippen molar-refractivity contribution in [2.45, 2.75) is 13.2 Å². The van der Waals surface area contributed by atoms with Crippen LogP contribution in [-0.4, -0.2) is 15.5 Å². The van der Waals surface area contributed by atoms with Gasteiger partial charge in [-0.3, -0.25) is 4.57 Å². The molecule has 0 radical (unpaired) electrons. The van der Waals surface area contributed by atoms with E-state index in [-0.39, 0.29) is 12.3 Å². The Morgan fingerprint density at radius 2 is 1.31 bits per heavy atom. The van der Waals surface area contributed by atoms with E-state index in [1.165, 1.54) is 0 Å². The van der Waals surface area contributed by atoms with Gasteiger partial charge in [0.15, 0.2) is 0 Å². The van der Waals surface area contributed by atoms with Crippen molar-refractivity contribution < 1.29 is 9.53 Å². The fourth-order valence-electron chi connectivity index (χ4n) is 4.12. The molecule has 0 saturated heterocycles. The highest BCUT2D eigenvalue weighted by molar-refractivity contribution is 5.89. The third kappa shape index (κ3) is 4.99. The monoisotopic (exact) mass is 460 g/mol. The highest BCUT2D eigenvalue weighted by atomic mass is 16.5. The Hall–Kier alpha value is -4.64. The maximum Gasteiger partial charge on any atom is 0.338 e. The Balaban J connectivity index is 1.46. The molecule has 0 unspecified atom stereocenters. The minimum absolute atomic E-state index is 0.208. The molecule has 1 aromatic heterocycles. The van der Waals surface area contributed by atoms with Gasteiger partial charge in [-0.25, -0.2) is 9.59 Å². The number of nitrogens with zero attached hydrogens (tertiary/aromatic N) is 1. The molecule has 4 aromatic carbocycles. The first kappa shape index (κ1) is 22.2. The van der Waals surface area contributed by atoms with Crippen molar-refractivity contribution in [3.8, 4) is 22.5 Å². The number of benzene rings is 4. The summed E-state index contributed by atoms with van der Waals surface area (Å²) < 4.78 is 7.20. The number of carbonyl (C=O) groups is 1. The molecule has 0 amide bonds. The number of hydrogen-bond donors (Lipinski definition) is 1. The summed E-state index contributed by atoms with van der Waals surface area (Å²) in [5.41, 5.74) is 5.43. The van der Waals surface area contributed by atoms with Gasteiger partial charge >= 0.3 is 11.7 Å². The lowest BCUT2D eigenvalue weighted by atomic mass is 10.0. The second-order valence-corrected chi connectivity index (χ2v) is 8.23. The predicted molar refractivity (Wildman–Crippen MR) is 137 cm³/mol. The summed E-state index contributed by atoms with van der Waals surface area (Å²) in [5, 5.41) is 0. The molecule has 5 aromatic rings. The van der Waals surface area contributed by atoms with Crippen LogP contribution in [0.25, 0.3) is 22.5 Å². The average Bonchev–Trinajstić information content (AvgIpc) is 3.24. The van der Waals surface area contributed by atoms with Gasteiger partial charge < -0.3 is 9.72 Å². The highest BCUT2D eigenvalue weighted by Crippen LogP contribution is 2.30. The summed E-state index contributed by atoms with van der Waals surface area (Å²) in [6.07, 6.45) is 0. The zero-order chi connectivity index (χ0) is 24.0. The van der Waals surface area contributed by atoms with Crippen molar-refractivity contribution in [2.75, 3.05) is 0 Å². The molecule has 0 fully saturated rings. The van der Waals surface area contributed by atoms with Gasteiger partial charge in [-0.15, -0.1) is 0 Å². The summed E-state index contributed by atoms with van der Waals surface area (Å²) in [6, 6.07) is 36.4. The Morgan fingerprint density at radius 3 is 2.00 bits per heavy atom. The molecule has 0 aliphatic heterocycles. The molecule has 0 aliphatic carbocycles. The van der Waals surface area contributed by atoms with Crippen LogP contribution in [0.2, 0.25) is 0 Å². The molecule has 1 heterocycles. The van der Waals surface area contributed by atoms with Crippen molar-refractivity contribution in [3.63, 3.8) is 0 Å². The van der Waals surface area contributed by atoms with Gasteiger partial charge in [-0.1, -0.05) is 103 Å². The average molecular weight is 461 g/mol. The smallest absolute Gasteiger partial charge is 0.338 e. The second kappa shape index (κ2) is 10.1. The van der Waals surface area contributed by atoms with Gasteiger partial charge in [0, 0.05) is 11.1 Å². The molecule has 0 atom stereocenters. The van der Waals surface area contributed by atoms with Gasteiger partial charge in [0.25, 0.3) is 0 Å². The third-order valence-electron chi connectivity index (χ3n) is 5.81. The molecule has 5 rings (SSSR count). The van der Waals surface area contributed by atoms with Crippen LogP contribution in [0.5, 0.6) is 0 Å². The van der Waals surface area contributed by atoms with Crippen LogP contribution in [0, 0.1) is 0 Å². The van der Waals surface area contributed by atoms with Gasteiger partial charge in [0.1, 0.15) is 6.61 Å². The van der Waals surface area contributed by atoms with Gasteiger partial charge in [-0.05, 0) is 23.3 Å². The molecule has 1 N–H and O–H groups in total. The van der Waals surface area contributed by atoms with E-state index in [2.05, 4.69) is 4.98 Å². The normalized spacial score (nSPS) is 10.7. The minimum Gasteiger partial charge on any atom is -0.457 e. The predicted octanol–water partition coefficient (Wildman–Crippen LogP) is 5.92. The fraction of sp³-hybridized carbons (Fsp3) is 0.0667. The Kier molecular flexibility index (Phi) is 6.39. The number of aromatic nitrogens is 2. The van der Waals surface area contributed by atoms with E-state index < -0.39 is 5.97 Å². The number of aromatic amines is 1. The minimum atomic E-state index is -0.398. The summed E-state index contributed by atoms with van der Waals surface area (Å²) in [7, 11) is 0. The molecular formula is C30H24N2O3. The first-order valence-electron chi connectivity index (χ1n) is 11.4. The topological polar surface area (TPSA) is 64.1 Å². The lowest BCUT2D eigenvalue weighted by Crippen LogP contribution is -2.18. The van der Waals surface area contributed by atoms with Crippen molar-refractivity contribution in [1.82, 2.24) is 9.55 Å². The zero-order valence-corrected chi connectivity index (χ0v) is 19.1. The van der Waals surface area contributed by atoms with E-state index in [1.807, 2.05) is 103 Å². The van der Waals surface area contributed by atoms with Gasteiger partial charge in [0.2, 0.25) is 0 Å². The Morgan fingerprint density at radius 1 is 0.714 bits per heavy atom. The zero-order valence-electron chi connectivity index (χ0n) is 19.1. The largest absolute Gasteiger partial charge is 0.457 e. The maximum absolute atomic E-state index is 13.1. The number of H-pyrrole nitrogens is 1. The Labute approximate surface area is 203 Å². The van der Waals surface area contributed by atoms with Crippen LogP contribution in [0.4, 0.5) is 0 Å². The Bertz CT molecular complexity index is 1490. The van der Waals surface area contributed by atoms with Crippen molar-refractivity contribution >= 4 is 5.97 Å². The number of hydrogen-bond acceptors (Lipinski definition) is 3. The van der Waals surface area contributed by atoms with Crippen LogP contribution in [-0.2, 0) is 17.9 Å². The first-order valence-corrected chi connectivity index (χ1v) is 11.4. The number of imidazole rings is 1. The molecule has 5 nitrogen and oxygen atoms in total. The molecule has 35 heavy (non-hydrogen) atoms. The van der Waals surface area contributed by atoms with Crippen LogP contribution in [0.3, 0.4) is 0 Å². The number of carbonyl (C=O) groups excluding carboxylic acids is 1. The summed E-state index contributed by atoms with van der Waals surface area (Å²) in [4.78, 5) is 28.8. The first-order chi connectivity index (χ1) is 17.2.